The molecule has 0 bridgehead atoms. The average Bonchev–Trinajstić information content (AvgIpc) is 2.97. The minimum atomic E-state index is 0.705. The maximum atomic E-state index is 4.54. The molecule has 0 fully saturated rings. The van der Waals surface area contributed by atoms with Crippen LogP contribution >= 0.6 is 27.3 Å². The molecule has 0 aliphatic carbocycles. The summed E-state index contributed by atoms with van der Waals surface area (Å²) in [6.07, 6.45) is 3.40. The van der Waals surface area contributed by atoms with Gasteiger partial charge in [0.15, 0.2) is 0 Å². The van der Waals surface area contributed by atoms with E-state index in [1.54, 1.807) is 23.7 Å². The van der Waals surface area contributed by atoms with Gasteiger partial charge in [0.2, 0.25) is 0 Å². The number of halogens is 1. The molecular weight excluding hydrogens is 348 g/mol. The first-order valence-corrected chi connectivity index (χ1v) is 7.90. The van der Waals surface area contributed by atoms with Crippen molar-refractivity contribution in [2.24, 2.45) is 5.10 Å². The summed E-state index contributed by atoms with van der Waals surface area (Å²) in [5.74, 6) is 0.705. The largest absolute Gasteiger partial charge is 0.261 e. The number of anilines is 1. The van der Waals surface area contributed by atoms with Gasteiger partial charge in [0.25, 0.3) is 0 Å². The van der Waals surface area contributed by atoms with Gasteiger partial charge in [-0.05, 0) is 24.3 Å². The minimum Gasteiger partial charge on any atom is -0.261 e. The van der Waals surface area contributed by atoms with Crippen molar-refractivity contribution in [3.8, 4) is 10.6 Å². The Morgan fingerprint density at radius 2 is 2.14 bits per heavy atom. The third-order valence-electron chi connectivity index (χ3n) is 2.63. The topological polar surface area (TPSA) is 50.2 Å². The SMILES string of the molecule is Brc1cccc(-c2nc(/C=N\Nc3ccccn3)cs2)c1. The van der Waals surface area contributed by atoms with E-state index in [-0.39, 0.29) is 0 Å². The Bertz CT molecular complexity index is 755. The fourth-order valence-corrected chi connectivity index (χ4v) is 2.86. The van der Waals surface area contributed by atoms with Crippen LogP contribution in [0.5, 0.6) is 0 Å². The van der Waals surface area contributed by atoms with Gasteiger partial charge in [-0.3, -0.25) is 5.43 Å². The van der Waals surface area contributed by atoms with Gasteiger partial charge in [0, 0.05) is 21.6 Å². The van der Waals surface area contributed by atoms with Gasteiger partial charge >= 0.3 is 0 Å². The summed E-state index contributed by atoms with van der Waals surface area (Å²) < 4.78 is 1.04. The molecule has 3 aromatic rings. The lowest BCUT2D eigenvalue weighted by molar-refractivity contribution is 1.23. The Morgan fingerprint density at radius 3 is 2.95 bits per heavy atom. The van der Waals surface area contributed by atoms with Crippen molar-refractivity contribution < 1.29 is 0 Å². The molecule has 0 amide bonds. The molecule has 4 nitrogen and oxygen atoms in total. The molecule has 2 aromatic heterocycles. The van der Waals surface area contributed by atoms with Gasteiger partial charge in [0.1, 0.15) is 10.8 Å². The van der Waals surface area contributed by atoms with E-state index < -0.39 is 0 Å². The molecule has 2 heterocycles. The Labute approximate surface area is 134 Å². The van der Waals surface area contributed by atoms with Crippen LogP contribution in [-0.2, 0) is 0 Å². The van der Waals surface area contributed by atoms with Crippen molar-refractivity contribution in [1.82, 2.24) is 9.97 Å². The Morgan fingerprint density at radius 1 is 1.19 bits per heavy atom. The summed E-state index contributed by atoms with van der Waals surface area (Å²) in [5, 5.41) is 7.07. The van der Waals surface area contributed by atoms with Crippen LogP contribution in [0.3, 0.4) is 0 Å². The normalized spacial score (nSPS) is 10.9. The van der Waals surface area contributed by atoms with Crippen LogP contribution in [0, 0.1) is 0 Å². The number of hydrogen-bond acceptors (Lipinski definition) is 5. The molecule has 0 atom stereocenters. The molecule has 0 spiro atoms. The molecule has 0 radical (unpaired) electrons. The molecule has 1 N–H and O–H groups in total. The molecule has 0 aliphatic heterocycles. The molecule has 0 aliphatic rings. The maximum Gasteiger partial charge on any atom is 0.146 e. The average molecular weight is 359 g/mol. The third-order valence-corrected chi connectivity index (χ3v) is 4.04. The molecule has 1 aromatic carbocycles. The lowest BCUT2D eigenvalue weighted by Gasteiger charge is -1.96. The number of nitrogens with zero attached hydrogens (tertiary/aromatic N) is 3. The first kappa shape index (κ1) is 13.9. The summed E-state index contributed by atoms with van der Waals surface area (Å²) in [5.41, 5.74) is 4.77. The number of aromatic nitrogens is 2. The molecule has 21 heavy (non-hydrogen) atoms. The number of hydrogen-bond donors (Lipinski definition) is 1. The predicted molar refractivity (Wildman–Crippen MR) is 90.7 cm³/mol. The van der Waals surface area contributed by atoms with Crippen molar-refractivity contribution in [2.75, 3.05) is 5.43 Å². The van der Waals surface area contributed by atoms with Crippen molar-refractivity contribution in [2.45, 2.75) is 0 Å². The molecule has 6 heteroatoms. The fraction of sp³-hybridized carbons (Fsp3) is 0. The number of nitrogens with one attached hydrogen (secondary N) is 1. The monoisotopic (exact) mass is 358 g/mol. The van der Waals surface area contributed by atoms with Crippen molar-refractivity contribution in [3.05, 3.63) is 64.2 Å². The predicted octanol–water partition coefficient (Wildman–Crippen LogP) is 4.41. The summed E-state index contributed by atoms with van der Waals surface area (Å²) in [4.78, 5) is 8.67. The van der Waals surface area contributed by atoms with Gasteiger partial charge in [-0.25, -0.2) is 9.97 Å². The third kappa shape index (κ3) is 3.74. The minimum absolute atomic E-state index is 0.705. The lowest BCUT2D eigenvalue weighted by Crippen LogP contribution is -1.92. The van der Waals surface area contributed by atoms with Crippen LogP contribution in [0.15, 0.2) is 63.6 Å². The standard InChI is InChI=1S/C15H11BrN4S/c16-12-5-3-4-11(8-12)15-19-13(10-21-15)9-18-20-14-6-1-2-7-17-14/h1-10H,(H,17,20)/b18-9-. The number of thiazole rings is 1. The lowest BCUT2D eigenvalue weighted by atomic mass is 10.2. The van der Waals surface area contributed by atoms with E-state index in [1.807, 2.05) is 47.8 Å². The highest BCUT2D eigenvalue weighted by molar-refractivity contribution is 9.10. The molecular formula is C15H11BrN4S. The zero-order chi connectivity index (χ0) is 14.5. The summed E-state index contributed by atoms with van der Waals surface area (Å²) in [6.45, 7) is 0. The number of rotatable bonds is 4. The van der Waals surface area contributed by atoms with Gasteiger partial charge < -0.3 is 0 Å². The fourth-order valence-electron chi connectivity index (χ4n) is 1.69. The quantitative estimate of drug-likeness (QED) is 0.554. The zero-order valence-electron chi connectivity index (χ0n) is 10.9. The summed E-state index contributed by atoms with van der Waals surface area (Å²) in [6, 6.07) is 13.7. The molecule has 0 saturated carbocycles. The first-order chi connectivity index (χ1) is 10.3. The van der Waals surface area contributed by atoms with Crippen LogP contribution in [0.2, 0.25) is 0 Å². The smallest absolute Gasteiger partial charge is 0.146 e. The highest BCUT2D eigenvalue weighted by Gasteiger charge is 2.03. The van der Waals surface area contributed by atoms with Gasteiger partial charge in [-0.1, -0.05) is 34.1 Å². The number of pyridine rings is 1. The van der Waals surface area contributed by atoms with Crippen LogP contribution in [0.1, 0.15) is 5.69 Å². The maximum absolute atomic E-state index is 4.54. The highest BCUT2D eigenvalue weighted by Crippen LogP contribution is 2.25. The molecule has 0 unspecified atom stereocenters. The highest BCUT2D eigenvalue weighted by atomic mass is 79.9. The van der Waals surface area contributed by atoms with E-state index in [2.05, 4.69) is 36.4 Å². The second-order valence-corrected chi connectivity index (χ2v) is 5.95. The zero-order valence-corrected chi connectivity index (χ0v) is 13.3. The Balaban J connectivity index is 1.71. The van der Waals surface area contributed by atoms with E-state index in [1.165, 1.54) is 0 Å². The van der Waals surface area contributed by atoms with E-state index in [0.29, 0.717) is 5.82 Å². The van der Waals surface area contributed by atoms with Crippen LogP contribution in [-0.4, -0.2) is 16.2 Å². The Kier molecular flexibility index (Phi) is 4.37. The second kappa shape index (κ2) is 6.60. The van der Waals surface area contributed by atoms with Gasteiger partial charge in [0.05, 0.1) is 11.9 Å². The number of benzene rings is 1. The van der Waals surface area contributed by atoms with Crippen molar-refractivity contribution in [1.29, 1.82) is 0 Å². The first-order valence-electron chi connectivity index (χ1n) is 6.23. The van der Waals surface area contributed by atoms with Crippen LogP contribution < -0.4 is 5.43 Å². The van der Waals surface area contributed by atoms with E-state index in [9.17, 15) is 0 Å². The summed E-state index contributed by atoms with van der Waals surface area (Å²) in [7, 11) is 0. The second-order valence-electron chi connectivity index (χ2n) is 4.17. The molecule has 3 rings (SSSR count). The Hall–Kier alpha value is -2.05. The number of hydrazone groups is 1. The van der Waals surface area contributed by atoms with E-state index in [4.69, 9.17) is 0 Å². The van der Waals surface area contributed by atoms with Gasteiger partial charge in [-0.15, -0.1) is 11.3 Å². The molecule has 0 saturated heterocycles. The van der Waals surface area contributed by atoms with Crippen LogP contribution in [0.4, 0.5) is 5.82 Å². The van der Waals surface area contributed by atoms with Crippen molar-refractivity contribution >= 4 is 39.3 Å². The van der Waals surface area contributed by atoms with Crippen molar-refractivity contribution in [3.63, 3.8) is 0 Å². The van der Waals surface area contributed by atoms with Crippen LogP contribution in [0.25, 0.3) is 10.6 Å². The summed E-state index contributed by atoms with van der Waals surface area (Å²) >= 11 is 5.06. The van der Waals surface area contributed by atoms with E-state index in [0.717, 1.165) is 20.7 Å². The van der Waals surface area contributed by atoms with E-state index >= 15 is 0 Å². The van der Waals surface area contributed by atoms with Gasteiger partial charge in [-0.2, -0.15) is 5.10 Å². The molecule has 104 valence electrons.